The van der Waals surface area contributed by atoms with Gasteiger partial charge in [-0.3, -0.25) is 4.79 Å². The standard InChI is InChI=1S/C21H27NO3/c1-16-6-10-19(11-7-16)24-14-4-5-21(23)22-18(3)15-25-20-12-8-17(2)9-13-20/h6-13,18H,4-5,14-15H2,1-3H3,(H,22,23)/t18-/m0/s1. The van der Waals surface area contributed by atoms with Gasteiger partial charge in [0.2, 0.25) is 5.91 Å². The second-order valence-corrected chi connectivity index (χ2v) is 6.36. The van der Waals surface area contributed by atoms with Crippen LogP contribution in [0.2, 0.25) is 0 Å². The molecule has 2 rings (SSSR count). The van der Waals surface area contributed by atoms with Crippen LogP contribution in [0.15, 0.2) is 48.5 Å². The first-order valence-corrected chi connectivity index (χ1v) is 8.71. The number of carbonyl (C=O) groups is 1. The van der Waals surface area contributed by atoms with Gasteiger partial charge >= 0.3 is 0 Å². The third kappa shape index (κ3) is 7.29. The van der Waals surface area contributed by atoms with Crippen LogP contribution in [0.4, 0.5) is 0 Å². The van der Waals surface area contributed by atoms with Crippen LogP contribution in [-0.4, -0.2) is 25.2 Å². The lowest BCUT2D eigenvalue weighted by Crippen LogP contribution is -2.36. The lowest BCUT2D eigenvalue weighted by atomic mass is 10.2. The molecule has 25 heavy (non-hydrogen) atoms. The van der Waals surface area contributed by atoms with E-state index in [0.717, 1.165) is 11.5 Å². The quantitative estimate of drug-likeness (QED) is 0.700. The number of hydrogen-bond donors (Lipinski definition) is 1. The molecule has 0 aliphatic carbocycles. The summed E-state index contributed by atoms with van der Waals surface area (Å²) in [5, 5.41) is 2.95. The van der Waals surface area contributed by atoms with Gasteiger partial charge in [-0.2, -0.15) is 0 Å². The topological polar surface area (TPSA) is 47.6 Å². The Morgan fingerprint density at radius 1 is 0.920 bits per heavy atom. The zero-order valence-corrected chi connectivity index (χ0v) is 15.2. The van der Waals surface area contributed by atoms with Gasteiger partial charge in [-0.25, -0.2) is 0 Å². The van der Waals surface area contributed by atoms with Gasteiger partial charge in [0.05, 0.1) is 12.6 Å². The van der Waals surface area contributed by atoms with Crippen molar-refractivity contribution in [2.75, 3.05) is 13.2 Å². The van der Waals surface area contributed by atoms with E-state index in [0.29, 0.717) is 26.1 Å². The van der Waals surface area contributed by atoms with E-state index in [1.165, 1.54) is 11.1 Å². The summed E-state index contributed by atoms with van der Waals surface area (Å²) in [5.41, 5.74) is 2.40. The van der Waals surface area contributed by atoms with Crippen LogP contribution < -0.4 is 14.8 Å². The molecule has 4 nitrogen and oxygen atoms in total. The van der Waals surface area contributed by atoms with Gasteiger partial charge in [0.25, 0.3) is 0 Å². The second kappa shape index (κ2) is 9.72. The van der Waals surface area contributed by atoms with E-state index in [-0.39, 0.29) is 11.9 Å². The van der Waals surface area contributed by atoms with E-state index in [9.17, 15) is 4.79 Å². The molecule has 1 amide bonds. The van der Waals surface area contributed by atoms with Crippen molar-refractivity contribution in [1.82, 2.24) is 5.32 Å². The van der Waals surface area contributed by atoms with Crippen molar-refractivity contribution in [3.63, 3.8) is 0 Å². The molecule has 0 aliphatic rings. The molecule has 0 radical (unpaired) electrons. The predicted octanol–water partition coefficient (Wildman–Crippen LogP) is 4.05. The van der Waals surface area contributed by atoms with E-state index in [1.54, 1.807) is 0 Å². The number of nitrogens with one attached hydrogen (secondary N) is 1. The Kier molecular flexibility index (Phi) is 7.33. The summed E-state index contributed by atoms with van der Waals surface area (Å²) in [6, 6.07) is 15.8. The molecular formula is C21H27NO3. The Labute approximate surface area is 150 Å². The van der Waals surface area contributed by atoms with Gasteiger partial charge in [-0.15, -0.1) is 0 Å². The number of carbonyl (C=O) groups excluding carboxylic acids is 1. The van der Waals surface area contributed by atoms with Crippen molar-refractivity contribution in [2.24, 2.45) is 0 Å². The molecule has 0 saturated carbocycles. The molecule has 4 heteroatoms. The highest BCUT2D eigenvalue weighted by molar-refractivity contribution is 5.76. The summed E-state index contributed by atoms with van der Waals surface area (Å²) in [4.78, 5) is 11.9. The predicted molar refractivity (Wildman–Crippen MR) is 100 cm³/mol. The first kappa shape index (κ1) is 18.8. The minimum Gasteiger partial charge on any atom is -0.494 e. The molecule has 0 bridgehead atoms. The molecule has 0 saturated heterocycles. The molecule has 134 valence electrons. The molecule has 0 aliphatic heterocycles. The first-order chi connectivity index (χ1) is 12.0. The highest BCUT2D eigenvalue weighted by Gasteiger charge is 2.08. The molecule has 0 unspecified atom stereocenters. The van der Waals surface area contributed by atoms with Crippen LogP contribution in [0.25, 0.3) is 0 Å². The number of ether oxygens (including phenoxy) is 2. The molecule has 1 atom stereocenters. The lowest BCUT2D eigenvalue weighted by molar-refractivity contribution is -0.122. The minimum atomic E-state index is -0.0354. The fourth-order valence-corrected chi connectivity index (χ4v) is 2.30. The Hall–Kier alpha value is -2.49. The number of benzene rings is 2. The van der Waals surface area contributed by atoms with E-state index in [2.05, 4.69) is 5.32 Å². The van der Waals surface area contributed by atoms with Crippen LogP contribution >= 0.6 is 0 Å². The zero-order valence-electron chi connectivity index (χ0n) is 15.2. The summed E-state index contributed by atoms with van der Waals surface area (Å²) in [5.74, 6) is 1.68. The van der Waals surface area contributed by atoms with Gasteiger partial charge in [-0.1, -0.05) is 35.4 Å². The van der Waals surface area contributed by atoms with Crippen molar-refractivity contribution in [3.8, 4) is 11.5 Å². The molecule has 1 N–H and O–H groups in total. The van der Waals surface area contributed by atoms with Crippen molar-refractivity contribution in [1.29, 1.82) is 0 Å². The SMILES string of the molecule is Cc1ccc(OCCCC(=O)N[C@@H](C)COc2ccc(C)cc2)cc1. The maximum absolute atomic E-state index is 11.9. The van der Waals surface area contributed by atoms with Crippen molar-refractivity contribution in [3.05, 3.63) is 59.7 Å². The average molecular weight is 341 g/mol. The zero-order chi connectivity index (χ0) is 18.1. The van der Waals surface area contributed by atoms with Crippen LogP contribution in [0.1, 0.15) is 30.9 Å². The van der Waals surface area contributed by atoms with Gasteiger partial charge in [0.15, 0.2) is 0 Å². The normalized spacial score (nSPS) is 11.6. The average Bonchev–Trinajstić information content (AvgIpc) is 2.60. The maximum Gasteiger partial charge on any atom is 0.220 e. The minimum absolute atomic E-state index is 0.0208. The molecule has 2 aromatic rings. The largest absolute Gasteiger partial charge is 0.494 e. The van der Waals surface area contributed by atoms with Crippen LogP contribution in [0.5, 0.6) is 11.5 Å². The number of hydrogen-bond acceptors (Lipinski definition) is 3. The highest BCUT2D eigenvalue weighted by Crippen LogP contribution is 2.12. The highest BCUT2D eigenvalue weighted by atomic mass is 16.5. The molecule has 0 heterocycles. The second-order valence-electron chi connectivity index (χ2n) is 6.36. The van der Waals surface area contributed by atoms with Crippen molar-refractivity contribution in [2.45, 2.75) is 39.7 Å². The molecule has 0 fully saturated rings. The fourth-order valence-electron chi connectivity index (χ4n) is 2.30. The Bertz CT molecular complexity index is 650. The van der Waals surface area contributed by atoms with E-state index < -0.39 is 0 Å². The van der Waals surface area contributed by atoms with Gasteiger partial charge < -0.3 is 14.8 Å². The van der Waals surface area contributed by atoms with Crippen LogP contribution in [0, 0.1) is 13.8 Å². The summed E-state index contributed by atoms with van der Waals surface area (Å²) >= 11 is 0. The van der Waals surface area contributed by atoms with Gasteiger partial charge in [0, 0.05) is 6.42 Å². The molecular weight excluding hydrogens is 314 g/mol. The Balaban J connectivity index is 1.59. The lowest BCUT2D eigenvalue weighted by Gasteiger charge is -2.15. The summed E-state index contributed by atoms with van der Waals surface area (Å²) < 4.78 is 11.3. The first-order valence-electron chi connectivity index (χ1n) is 8.71. The summed E-state index contributed by atoms with van der Waals surface area (Å²) in [7, 11) is 0. The maximum atomic E-state index is 11.9. The third-order valence-electron chi connectivity index (χ3n) is 3.77. The number of rotatable bonds is 9. The van der Waals surface area contributed by atoms with Crippen LogP contribution in [-0.2, 0) is 4.79 Å². The van der Waals surface area contributed by atoms with Crippen LogP contribution in [0.3, 0.4) is 0 Å². The third-order valence-corrected chi connectivity index (χ3v) is 3.77. The van der Waals surface area contributed by atoms with E-state index >= 15 is 0 Å². The fraction of sp³-hybridized carbons (Fsp3) is 0.381. The van der Waals surface area contributed by atoms with Crippen molar-refractivity contribution < 1.29 is 14.3 Å². The molecule has 0 spiro atoms. The van der Waals surface area contributed by atoms with Crippen molar-refractivity contribution >= 4 is 5.91 Å². The van der Waals surface area contributed by atoms with E-state index in [1.807, 2.05) is 69.3 Å². The van der Waals surface area contributed by atoms with E-state index in [4.69, 9.17) is 9.47 Å². The summed E-state index contributed by atoms with van der Waals surface area (Å²) in [6.07, 6.45) is 1.13. The number of amides is 1. The molecule has 0 aromatic heterocycles. The van der Waals surface area contributed by atoms with Gasteiger partial charge in [0.1, 0.15) is 18.1 Å². The number of aryl methyl sites for hydroxylation is 2. The molecule has 2 aromatic carbocycles. The Morgan fingerprint density at radius 2 is 1.44 bits per heavy atom. The Morgan fingerprint density at radius 3 is 2.00 bits per heavy atom. The smallest absolute Gasteiger partial charge is 0.220 e. The summed E-state index contributed by atoms with van der Waals surface area (Å²) in [6.45, 7) is 7.00. The van der Waals surface area contributed by atoms with Gasteiger partial charge in [-0.05, 0) is 51.5 Å². The monoisotopic (exact) mass is 341 g/mol.